The summed E-state index contributed by atoms with van der Waals surface area (Å²) in [6.45, 7) is 5.23. The van der Waals surface area contributed by atoms with Crippen molar-refractivity contribution in [2.75, 3.05) is 18.4 Å². The molecular weight excluding hydrogens is 450 g/mol. The number of likely N-dealkylation sites (tertiary alicyclic amines) is 1. The van der Waals surface area contributed by atoms with E-state index in [4.69, 9.17) is 10.7 Å². The molecular formula is C24H25N7O2S. The zero-order chi connectivity index (χ0) is 23.4. The Balaban J connectivity index is 1.38. The number of rotatable bonds is 5. The number of fused-ring (bicyclic) bond motifs is 1. The second-order valence-electron chi connectivity index (χ2n) is 9.15. The topological polar surface area (TPSA) is 118 Å². The van der Waals surface area contributed by atoms with E-state index in [0.717, 1.165) is 47.5 Å². The van der Waals surface area contributed by atoms with Crippen molar-refractivity contribution < 1.29 is 9.59 Å². The first-order chi connectivity index (χ1) is 16.4. The van der Waals surface area contributed by atoms with Crippen molar-refractivity contribution in [1.29, 1.82) is 0 Å². The van der Waals surface area contributed by atoms with Crippen LogP contribution >= 0.6 is 11.3 Å². The third kappa shape index (κ3) is 3.88. The SMILES string of the molecule is C=C1NC(=O)C/C1=C\c1cnn2c(NC3CC3)cc(-c3csc(C(=O)N4CC[C@@H](N)C4)c3)nc12. The summed E-state index contributed by atoms with van der Waals surface area (Å²) in [7, 11) is 0. The van der Waals surface area contributed by atoms with E-state index >= 15 is 0 Å². The Hall–Kier alpha value is -3.50. The summed E-state index contributed by atoms with van der Waals surface area (Å²) in [6.07, 6.45) is 7.05. The van der Waals surface area contributed by atoms with E-state index in [2.05, 4.69) is 22.3 Å². The van der Waals surface area contributed by atoms with Crippen LogP contribution in [0.2, 0.25) is 0 Å². The molecule has 0 spiro atoms. The van der Waals surface area contributed by atoms with Gasteiger partial charge in [0.1, 0.15) is 5.82 Å². The summed E-state index contributed by atoms with van der Waals surface area (Å²) in [5.41, 5.74) is 10.6. The van der Waals surface area contributed by atoms with Crippen LogP contribution in [0.5, 0.6) is 0 Å². The lowest BCUT2D eigenvalue weighted by atomic mass is 10.1. The minimum atomic E-state index is -0.0631. The number of allylic oxidation sites excluding steroid dienone is 1. The molecule has 34 heavy (non-hydrogen) atoms. The molecule has 3 aromatic heterocycles. The van der Waals surface area contributed by atoms with E-state index in [9.17, 15) is 9.59 Å². The van der Waals surface area contributed by atoms with Gasteiger partial charge in [-0.2, -0.15) is 9.61 Å². The summed E-state index contributed by atoms with van der Waals surface area (Å²) in [5.74, 6) is 0.816. The number of anilines is 1. The summed E-state index contributed by atoms with van der Waals surface area (Å²) in [5, 5.41) is 12.8. The third-order valence-electron chi connectivity index (χ3n) is 6.41. The maximum Gasteiger partial charge on any atom is 0.263 e. The molecule has 0 unspecified atom stereocenters. The predicted octanol–water partition coefficient (Wildman–Crippen LogP) is 2.62. The molecule has 5 heterocycles. The Kier molecular flexibility index (Phi) is 5.00. The number of hydrogen-bond donors (Lipinski definition) is 3. The van der Waals surface area contributed by atoms with Gasteiger partial charge in [-0.1, -0.05) is 6.58 Å². The Morgan fingerprint density at radius 3 is 2.88 bits per heavy atom. The number of aromatic nitrogens is 3. The van der Waals surface area contributed by atoms with Gasteiger partial charge >= 0.3 is 0 Å². The average molecular weight is 476 g/mol. The second kappa shape index (κ2) is 8.07. The molecule has 9 nitrogen and oxygen atoms in total. The van der Waals surface area contributed by atoms with E-state index in [1.54, 1.807) is 10.7 Å². The van der Waals surface area contributed by atoms with Crippen LogP contribution in [-0.4, -0.2) is 56.5 Å². The van der Waals surface area contributed by atoms with Crippen molar-refractivity contribution in [2.24, 2.45) is 5.73 Å². The molecule has 3 fully saturated rings. The van der Waals surface area contributed by atoms with Crippen molar-refractivity contribution in [3.05, 3.63) is 52.0 Å². The predicted molar refractivity (Wildman–Crippen MR) is 131 cm³/mol. The first-order valence-electron chi connectivity index (χ1n) is 11.4. The van der Waals surface area contributed by atoms with Crippen molar-refractivity contribution in [3.63, 3.8) is 0 Å². The van der Waals surface area contributed by atoms with Gasteiger partial charge < -0.3 is 21.3 Å². The van der Waals surface area contributed by atoms with Crippen molar-refractivity contribution in [2.45, 2.75) is 37.8 Å². The molecule has 1 saturated carbocycles. The van der Waals surface area contributed by atoms with Gasteiger partial charge in [0.15, 0.2) is 5.65 Å². The first-order valence-corrected chi connectivity index (χ1v) is 12.3. The molecule has 6 rings (SSSR count). The lowest BCUT2D eigenvalue weighted by Gasteiger charge is -2.14. The molecule has 2 amide bonds. The summed E-state index contributed by atoms with van der Waals surface area (Å²) >= 11 is 1.43. The van der Waals surface area contributed by atoms with Gasteiger partial charge in [-0.05, 0) is 37.0 Å². The largest absolute Gasteiger partial charge is 0.367 e. The van der Waals surface area contributed by atoms with Crippen LogP contribution < -0.4 is 16.4 Å². The van der Waals surface area contributed by atoms with Crippen LogP contribution in [0, 0.1) is 0 Å². The van der Waals surface area contributed by atoms with Gasteiger partial charge in [-0.15, -0.1) is 11.3 Å². The molecule has 174 valence electrons. The summed E-state index contributed by atoms with van der Waals surface area (Å²) < 4.78 is 1.80. The number of amides is 2. The number of hydrogen-bond acceptors (Lipinski definition) is 7. The lowest BCUT2D eigenvalue weighted by molar-refractivity contribution is -0.118. The molecule has 1 atom stereocenters. The number of nitrogens with zero attached hydrogens (tertiary/aromatic N) is 4. The highest BCUT2D eigenvalue weighted by molar-refractivity contribution is 7.12. The van der Waals surface area contributed by atoms with Gasteiger partial charge in [0.2, 0.25) is 5.91 Å². The highest BCUT2D eigenvalue weighted by Crippen LogP contribution is 2.32. The second-order valence-corrected chi connectivity index (χ2v) is 10.1. The number of nitrogens with one attached hydrogen (secondary N) is 2. The highest BCUT2D eigenvalue weighted by atomic mass is 32.1. The molecule has 0 aromatic carbocycles. The fourth-order valence-electron chi connectivity index (χ4n) is 4.38. The molecule has 2 saturated heterocycles. The maximum atomic E-state index is 12.9. The Bertz CT molecular complexity index is 1370. The molecule has 3 aliphatic rings. The van der Waals surface area contributed by atoms with Gasteiger partial charge in [-0.3, -0.25) is 9.59 Å². The minimum Gasteiger partial charge on any atom is -0.367 e. The van der Waals surface area contributed by atoms with Gasteiger partial charge in [-0.25, -0.2) is 4.98 Å². The van der Waals surface area contributed by atoms with Crippen LogP contribution in [0.25, 0.3) is 23.0 Å². The highest BCUT2D eigenvalue weighted by Gasteiger charge is 2.27. The number of carbonyl (C=O) groups is 2. The van der Waals surface area contributed by atoms with Crippen LogP contribution in [-0.2, 0) is 4.79 Å². The Morgan fingerprint density at radius 1 is 1.32 bits per heavy atom. The van der Waals surface area contributed by atoms with Crippen molar-refractivity contribution in [3.8, 4) is 11.3 Å². The minimum absolute atomic E-state index is 0.0216. The Morgan fingerprint density at radius 2 is 2.18 bits per heavy atom. The molecule has 4 N–H and O–H groups in total. The lowest BCUT2D eigenvalue weighted by Crippen LogP contribution is -2.31. The van der Waals surface area contributed by atoms with Crippen molar-refractivity contribution >= 4 is 40.7 Å². The monoisotopic (exact) mass is 475 g/mol. The molecule has 0 radical (unpaired) electrons. The van der Waals surface area contributed by atoms with Gasteiger partial charge in [0.05, 0.1) is 23.2 Å². The van der Waals surface area contributed by atoms with Crippen LogP contribution in [0.15, 0.2) is 41.6 Å². The zero-order valence-corrected chi connectivity index (χ0v) is 19.4. The average Bonchev–Trinajstić information content (AvgIpc) is 3.18. The quantitative estimate of drug-likeness (QED) is 0.522. The summed E-state index contributed by atoms with van der Waals surface area (Å²) in [4.78, 5) is 32.1. The Labute approximate surface area is 200 Å². The number of nitrogens with two attached hydrogens (primary N) is 1. The standard InChI is InChI=1S/C24H25N7O2S/c1-13-14(8-22(32)27-13)6-15-10-26-31-21(28-18-2-3-18)9-19(29-23(15)31)16-7-20(34-12-16)24(33)30-5-4-17(25)11-30/h6-7,9-10,12,17-18,28H,1-5,8,11,25H2,(H,27,32)/b14-6+/t17-/m1/s1. The van der Waals surface area contributed by atoms with Crippen LogP contribution in [0.3, 0.4) is 0 Å². The molecule has 2 aliphatic heterocycles. The number of thiophene rings is 1. The van der Waals surface area contributed by atoms with Gasteiger partial charge in [0.25, 0.3) is 5.91 Å². The fourth-order valence-corrected chi connectivity index (χ4v) is 5.25. The number of carbonyl (C=O) groups excluding carboxylic acids is 2. The normalized spacial score (nSPS) is 21.6. The van der Waals surface area contributed by atoms with Crippen LogP contribution in [0.4, 0.5) is 5.82 Å². The smallest absolute Gasteiger partial charge is 0.263 e. The van der Waals surface area contributed by atoms with Crippen LogP contribution in [0.1, 0.15) is 40.9 Å². The van der Waals surface area contributed by atoms with E-state index < -0.39 is 0 Å². The van der Waals surface area contributed by atoms with Crippen molar-refractivity contribution in [1.82, 2.24) is 24.8 Å². The fraction of sp³-hybridized carbons (Fsp3) is 0.333. The van der Waals surface area contributed by atoms with E-state index in [1.807, 2.05) is 28.5 Å². The molecule has 0 bridgehead atoms. The maximum absolute atomic E-state index is 12.9. The van der Waals surface area contributed by atoms with E-state index in [0.29, 0.717) is 41.8 Å². The molecule has 3 aromatic rings. The third-order valence-corrected chi connectivity index (χ3v) is 7.32. The first kappa shape index (κ1) is 21.1. The van der Waals surface area contributed by atoms with E-state index in [1.165, 1.54) is 11.3 Å². The van der Waals surface area contributed by atoms with Gasteiger partial charge in [0, 0.05) is 53.4 Å². The molecule has 1 aliphatic carbocycles. The summed E-state index contributed by atoms with van der Waals surface area (Å²) in [6, 6.07) is 4.38. The van der Waals surface area contributed by atoms with E-state index in [-0.39, 0.29) is 17.9 Å². The zero-order valence-electron chi connectivity index (χ0n) is 18.6. The molecule has 10 heteroatoms.